The topological polar surface area (TPSA) is 20.3 Å². The SMILES string of the molecule is Cc1ccc(C(=O)CCN2CC[C@@H]3CC[C@@H](C3)C2)cc1C. The highest BCUT2D eigenvalue weighted by Crippen LogP contribution is 2.36. The summed E-state index contributed by atoms with van der Waals surface area (Å²) in [7, 11) is 0. The standard InChI is InChI=1S/C19H27NO/c1-14-3-6-18(11-15(14)2)19(21)8-10-20-9-7-16-4-5-17(12-16)13-20/h3,6,11,16-17H,4-5,7-10,12-13H2,1-2H3/t16-,17-/m0/s1. The number of carbonyl (C=O) groups is 1. The molecule has 2 heteroatoms. The Kier molecular flexibility index (Phi) is 4.44. The van der Waals surface area contributed by atoms with Crippen LogP contribution < -0.4 is 0 Å². The predicted octanol–water partition coefficient (Wildman–Crippen LogP) is 4.00. The van der Waals surface area contributed by atoms with E-state index in [-0.39, 0.29) is 0 Å². The Balaban J connectivity index is 1.54. The molecule has 2 aliphatic rings. The van der Waals surface area contributed by atoms with Crippen molar-refractivity contribution < 1.29 is 4.79 Å². The van der Waals surface area contributed by atoms with E-state index in [1.54, 1.807) is 0 Å². The van der Waals surface area contributed by atoms with Crippen LogP contribution in [0.15, 0.2) is 18.2 Å². The first-order valence-corrected chi connectivity index (χ1v) is 8.44. The third-order valence-corrected chi connectivity index (χ3v) is 5.50. The minimum atomic E-state index is 0.299. The number of hydrogen-bond donors (Lipinski definition) is 0. The third kappa shape index (κ3) is 3.55. The summed E-state index contributed by atoms with van der Waals surface area (Å²) in [6.45, 7) is 7.53. The second kappa shape index (κ2) is 6.31. The van der Waals surface area contributed by atoms with Crippen LogP contribution in [-0.2, 0) is 0 Å². The van der Waals surface area contributed by atoms with Crippen LogP contribution in [0.25, 0.3) is 0 Å². The number of rotatable bonds is 4. The van der Waals surface area contributed by atoms with Crippen LogP contribution in [-0.4, -0.2) is 30.3 Å². The lowest BCUT2D eigenvalue weighted by Gasteiger charge is -2.24. The van der Waals surface area contributed by atoms with E-state index in [1.165, 1.54) is 49.9 Å². The fourth-order valence-corrected chi connectivity index (χ4v) is 3.95. The minimum absolute atomic E-state index is 0.299. The van der Waals surface area contributed by atoms with Crippen molar-refractivity contribution in [2.75, 3.05) is 19.6 Å². The minimum Gasteiger partial charge on any atom is -0.303 e. The summed E-state index contributed by atoms with van der Waals surface area (Å²) < 4.78 is 0. The molecule has 114 valence electrons. The largest absolute Gasteiger partial charge is 0.303 e. The number of aryl methyl sites for hydroxylation is 2. The molecule has 1 aromatic rings. The number of likely N-dealkylation sites (tertiary alicyclic amines) is 1. The fourth-order valence-electron chi connectivity index (χ4n) is 3.95. The van der Waals surface area contributed by atoms with E-state index in [4.69, 9.17) is 0 Å². The summed E-state index contributed by atoms with van der Waals surface area (Å²) in [4.78, 5) is 14.9. The molecule has 3 rings (SSSR count). The predicted molar refractivity (Wildman–Crippen MR) is 86.8 cm³/mol. The van der Waals surface area contributed by atoms with Gasteiger partial charge < -0.3 is 4.90 Å². The first-order valence-electron chi connectivity index (χ1n) is 8.44. The molecule has 1 heterocycles. The van der Waals surface area contributed by atoms with Gasteiger partial charge in [0.2, 0.25) is 0 Å². The number of fused-ring (bicyclic) bond motifs is 2. The molecule has 0 N–H and O–H groups in total. The van der Waals surface area contributed by atoms with Crippen molar-refractivity contribution >= 4 is 5.78 Å². The van der Waals surface area contributed by atoms with Crippen LogP contribution in [0, 0.1) is 25.7 Å². The molecule has 1 saturated heterocycles. The molecule has 2 fully saturated rings. The van der Waals surface area contributed by atoms with Gasteiger partial charge in [-0.05, 0) is 68.7 Å². The Morgan fingerprint density at radius 2 is 1.95 bits per heavy atom. The van der Waals surface area contributed by atoms with Crippen molar-refractivity contribution in [1.29, 1.82) is 0 Å². The fraction of sp³-hybridized carbons (Fsp3) is 0.632. The number of benzene rings is 1. The molecule has 21 heavy (non-hydrogen) atoms. The highest BCUT2D eigenvalue weighted by Gasteiger charge is 2.29. The molecule has 2 bridgehead atoms. The van der Waals surface area contributed by atoms with Crippen molar-refractivity contribution in [2.45, 2.75) is 46.0 Å². The van der Waals surface area contributed by atoms with Crippen molar-refractivity contribution in [3.05, 3.63) is 34.9 Å². The van der Waals surface area contributed by atoms with Gasteiger partial charge in [0.05, 0.1) is 0 Å². The molecule has 1 aliphatic heterocycles. The average molecular weight is 285 g/mol. The lowest BCUT2D eigenvalue weighted by molar-refractivity contribution is 0.0960. The Hall–Kier alpha value is -1.15. The normalized spacial score (nSPS) is 25.8. The van der Waals surface area contributed by atoms with Crippen molar-refractivity contribution in [1.82, 2.24) is 4.90 Å². The van der Waals surface area contributed by atoms with Crippen LogP contribution in [0.3, 0.4) is 0 Å². The lowest BCUT2D eigenvalue weighted by Crippen LogP contribution is -2.31. The van der Waals surface area contributed by atoms with Gasteiger partial charge >= 0.3 is 0 Å². The van der Waals surface area contributed by atoms with Gasteiger partial charge in [0.15, 0.2) is 5.78 Å². The molecule has 0 radical (unpaired) electrons. The Morgan fingerprint density at radius 3 is 2.76 bits per heavy atom. The van der Waals surface area contributed by atoms with E-state index in [1.807, 2.05) is 12.1 Å². The lowest BCUT2D eigenvalue weighted by atomic mass is 10.0. The Bertz CT molecular complexity index is 522. The van der Waals surface area contributed by atoms with Gasteiger partial charge in [0.1, 0.15) is 0 Å². The molecule has 0 amide bonds. The molecule has 1 aromatic carbocycles. The molecular weight excluding hydrogens is 258 g/mol. The zero-order valence-electron chi connectivity index (χ0n) is 13.4. The van der Waals surface area contributed by atoms with E-state index in [2.05, 4.69) is 24.8 Å². The van der Waals surface area contributed by atoms with Gasteiger partial charge in [-0.2, -0.15) is 0 Å². The maximum atomic E-state index is 12.4. The summed E-state index contributed by atoms with van der Waals surface area (Å²) in [6, 6.07) is 6.09. The van der Waals surface area contributed by atoms with Crippen molar-refractivity contribution in [2.24, 2.45) is 11.8 Å². The van der Waals surface area contributed by atoms with Gasteiger partial charge in [-0.25, -0.2) is 0 Å². The average Bonchev–Trinajstić information content (AvgIpc) is 2.80. The number of Topliss-reactive ketones (excluding diaryl/α,β-unsaturated/α-hetero) is 1. The van der Waals surface area contributed by atoms with Crippen LogP contribution >= 0.6 is 0 Å². The zero-order valence-corrected chi connectivity index (χ0v) is 13.4. The zero-order chi connectivity index (χ0) is 14.8. The quantitative estimate of drug-likeness (QED) is 0.779. The summed E-state index contributed by atoms with van der Waals surface area (Å²) in [5.74, 6) is 2.16. The molecule has 2 nitrogen and oxygen atoms in total. The molecule has 2 atom stereocenters. The number of ketones is 1. The Labute approximate surface area is 128 Å². The van der Waals surface area contributed by atoms with Crippen molar-refractivity contribution in [3.8, 4) is 0 Å². The first-order chi connectivity index (χ1) is 10.1. The third-order valence-electron chi connectivity index (χ3n) is 5.50. The van der Waals surface area contributed by atoms with Gasteiger partial charge in [-0.3, -0.25) is 4.79 Å². The van der Waals surface area contributed by atoms with Crippen LogP contribution in [0.1, 0.15) is 53.6 Å². The van der Waals surface area contributed by atoms with E-state index in [0.29, 0.717) is 12.2 Å². The maximum absolute atomic E-state index is 12.4. The van der Waals surface area contributed by atoms with Crippen LogP contribution in [0.4, 0.5) is 0 Å². The van der Waals surface area contributed by atoms with E-state index in [0.717, 1.165) is 23.9 Å². The molecule has 1 aliphatic carbocycles. The van der Waals surface area contributed by atoms with Gasteiger partial charge in [-0.1, -0.05) is 18.6 Å². The van der Waals surface area contributed by atoms with Gasteiger partial charge in [0, 0.05) is 25.1 Å². The summed E-state index contributed by atoms with van der Waals surface area (Å²) in [5.41, 5.74) is 3.36. The summed E-state index contributed by atoms with van der Waals surface area (Å²) >= 11 is 0. The van der Waals surface area contributed by atoms with Gasteiger partial charge in [0.25, 0.3) is 0 Å². The monoisotopic (exact) mass is 285 g/mol. The summed E-state index contributed by atoms with van der Waals surface area (Å²) in [6.07, 6.45) is 6.29. The second-order valence-corrected chi connectivity index (χ2v) is 7.11. The number of hydrogen-bond acceptors (Lipinski definition) is 2. The summed E-state index contributed by atoms with van der Waals surface area (Å²) in [5, 5.41) is 0. The number of nitrogens with zero attached hydrogens (tertiary/aromatic N) is 1. The molecule has 0 unspecified atom stereocenters. The molecule has 0 aromatic heterocycles. The van der Waals surface area contributed by atoms with Gasteiger partial charge in [-0.15, -0.1) is 0 Å². The van der Waals surface area contributed by atoms with Crippen LogP contribution in [0.2, 0.25) is 0 Å². The first kappa shape index (κ1) is 14.8. The van der Waals surface area contributed by atoms with E-state index < -0.39 is 0 Å². The number of carbonyl (C=O) groups excluding carboxylic acids is 1. The maximum Gasteiger partial charge on any atom is 0.164 e. The van der Waals surface area contributed by atoms with Crippen LogP contribution in [0.5, 0.6) is 0 Å². The highest BCUT2D eigenvalue weighted by atomic mass is 16.1. The van der Waals surface area contributed by atoms with Crippen molar-refractivity contribution in [3.63, 3.8) is 0 Å². The van der Waals surface area contributed by atoms with E-state index in [9.17, 15) is 4.79 Å². The van der Waals surface area contributed by atoms with E-state index >= 15 is 0 Å². The second-order valence-electron chi connectivity index (χ2n) is 7.11. The smallest absolute Gasteiger partial charge is 0.164 e. The molecular formula is C19H27NO. The molecule has 0 spiro atoms. The highest BCUT2D eigenvalue weighted by molar-refractivity contribution is 5.96. The molecule has 1 saturated carbocycles. The Morgan fingerprint density at radius 1 is 1.14 bits per heavy atom.